The van der Waals surface area contributed by atoms with Crippen LogP contribution < -0.4 is 0 Å². The first-order valence-electron chi connectivity index (χ1n) is 15.7. The van der Waals surface area contributed by atoms with Crippen LogP contribution >= 0.6 is 0 Å². The van der Waals surface area contributed by atoms with E-state index in [-0.39, 0.29) is 0 Å². The molecule has 38 heavy (non-hydrogen) atoms. The fourth-order valence-corrected chi connectivity index (χ4v) is 431. The van der Waals surface area contributed by atoms with Gasteiger partial charge in [-0.2, -0.15) is 0 Å². The summed E-state index contributed by atoms with van der Waals surface area (Å²) in [6, 6.07) is 0. The van der Waals surface area contributed by atoms with Crippen molar-refractivity contribution < 1.29 is 0 Å². The Morgan fingerprint density at radius 2 is 0.289 bits per heavy atom. The summed E-state index contributed by atoms with van der Waals surface area (Å²) >= 11 is -3.82. The van der Waals surface area contributed by atoms with Gasteiger partial charge in [-0.25, -0.2) is 0 Å². The summed E-state index contributed by atoms with van der Waals surface area (Å²) in [6.07, 6.45) is 0. The molecule has 0 rings (SSSR count). The standard InChI is InChI=1S/4C7H19Si2.2Sn/c4*1-8(2,3)7-9(4,5)6;;/h4*7H,1-6H3;;. The zero-order valence-electron chi connectivity index (χ0n) is 31.3. The average molecular weight is 875 g/mol. The molecule has 0 heterocycles. The Labute approximate surface area is 261 Å². The molecule has 228 valence electrons. The molecule has 0 radical (unpaired) electrons. The second-order valence-electron chi connectivity index (χ2n) is 21.6. The molecule has 0 saturated heterocycles. The summed E-state index contributed by atoms with van der Waals surface area (Å²) in [5.74, 6) is 0. The van der Waals surface area contributed by atoms with Crippen molar-refractivity contribution in [1.29, 1.82) is 0 Å². The topological polar surface area (TPSA) is 0 Å². The van der Waals surface area contributed by atoms with E-state index in [0.29, 0.717) is 0 Å². The quantitative estimate of drug-likeness (QED) is 0.171. The second kappa shape index (κ2) is 13.0. The average Bonchev–Trinajstić information content (AvgIpc) is 2.41. The minimum atomic E-state index is -1.91. The molecule has 0 aliphatic rings. The Morgan fingerprint density at radius 1 is 0.211 bits per heavy atom. The van der Waals surface area contributed by atoms with Crippen molar-refractivity contribution in [3.63, 3.8) is 0 Å². The predicted molar refractivity (Wildman–Crippen MR) is 213 cm³/mol. The predicted octanol–water partition coefficient (Wildman–Crippen LogP) is 11.6. The summed E-state index contributed by atoms with van der Waals surface area (Å²) in [6.45, 7) is 69.0. The molecule has 0 fully saturated rings. The van der Waals surface area contributed by atoms with Crippen molar-refractivity contribution >= 4 is 94.9 Å². The van der Waals surface area contributed by atoms with Crippen molar-refractivity contribution in [2.45, 2.75) is 170 Å². The molecule has 10 heteroatoms. The SMILES string of the molecule is C[Si](C)(C)[CH]([Sn]([CH]([Si](C)(C)C)[Si](C)(C)C)=[Sn]([CH]([Si](C)(C)C)[Si](C)(C)C)[CH]([Si](C)(C)C)[Si](C)(C)C)[Si](C)(C)C. The van der Waals surface area contributed by atoms with Crippen molar-refractivity contribution in [3.05, 3.63) is 0 Å². The number of hydrogen-bond acceptors (Lipinski definition) is 0. The first kappa shape index (κ1) is 41.3. The zero-order valence-corrected chi connectivity index (χ0v) is 45.0. The molecule has 0 atom stereocenters. The number of hydrogen-bond donors (Lipinski definition) is 0. The third-order valence-corrected chi connectivity index (χ3v) is 207. The van der Waals surface area contributed by atoms with E-state index < -0.39 is 94.9 Å². The van der Waals surface area contributed by atoms with Gasteiger partial charge in [-0.1, -0.05) is 0 Å². The molecular weight excluding hydrogens is 798 g/mol. The molecular formula is C28H76Si8Sn2. The normalized spacial score (nSPS) is 15.8. The molecule has 0 bridgehead atoms. The van der Waals surface area contributed by atoms with Crippen LogP contribution in [0.1, 0.15) is 0 Å². The van der Waals surface area contributed by atoms with E-state index in [1.807, 2.05) is 0 Å². The van der Waals surface area contributed by atoms with Crippen LogP contribution in [0.25, 0.3) is 0 Å². The van der Waals surface area contributed by atoms with E-state index >= 15 is 0 Å². The fourth-order valence-electron chi connectivity index (χ4n) is 9.93. The van der Waals surface area contributed by atoms with Crippen LogP contribution in [-0.2, 0) is 0 Å². The van der Waals surface area contributed by atoms with Crippen LogP contribution in [0.5, 0.6) is 0 Å². The van der Waals surface area contributed by atoms with Crippen LogP contribution in [0.15, 0.2) is 0 Å². The summed E-state index contributed by atoms with van der Waals surface area (Å²) < 4.78 is 5.17. The maximum absolute atomic E-state index is 2.87. The van der Waals surface area contributed by atoms with Crippen molar-refractivity contribution in [3.8, 4) is 0 Å². The van der Waals surface area contributed by atoms with Gasteiger partial charge in [0.1, 0.15) is 0 Å². The first-order valence-corrected chi connectivity index (χ1v) is 61.9. The van der Waals surface area contributed by atoms with Crippen LogP contribution in [0.3, 0.4) is 0 Å². The Morgan fingerprint density at radius 3 is 0.342 bits per heavy atom. The Bertz CT molecular complexity index is 634. The van der Waals surface area contributed by atoms with Gasteiger partial charge in [0, 0.05) is 0 Å². The van der Waals surface area contributed by atoms with Gasteiger partial charge in [0.25, 0.3) is 0 Å². The summed E-state index contributed by atoms with van der Waals surface area (Å²) in [5, 5.41) is 0. The van der Waals surface area contributed by atoms with Crippen molar-refractivity contribution in [1.82, 2.24) is 0 Å². The first-order chi connectivity index (χ1) is 16.0. The molecule has 0 aliphatic heterocycles. The van der Waals surface area contributed by atoms with Gasteiger partial charge >= 0.3 is 265 Å². The van der Waals surface area contributed by atoms with Crippen LogP contribution in [0.2, 0.25) is 170 Å². The third-order valence-electron chi connectivity index (χ3n) is 8.51. The van der Waals surface area contributed by atoms with Gasteiger partial charge < -0.3 is 0 Å². The molecule has 0 aromatic heterocycles. The second-order valence-corrected chi connectivity index (χ2v) is 113. The molecule has 0 amide bonds. The molecule has 0 aromatic carbocycles. The van der Waals surface area contributed by atoms with Gasteiger partial charge in [-0.05, 0) is 0 Å². The molecule has 0 saturated carbocycles. The van der Waals surface area contributed by atoms with E-state index in [9.17, 15) is 0 Å². The van der Waals surface area contributed by atoms with E-state index in [2.05, 4.69) is 157 Å². The summed E-state index contributed by atoms with van der Waals surface area (Å²) in [5.41, 5.74) is 0. The van der Waals surface area contributed by atoms with Gasteiger partial charge in [-0.15, -0.1) is 0 Å². The Hall–Kier alpha value is 3.33. The molecule has 0 aromatic rings. The fraction of sp³-hybridized carbons (Fsp3) is 1.00. The summed E-state index contributed by atoms with van der Waals surface area (Å²) in [4.78, 5) is 0. The van der Waals surface area contributed by atoms with Gasteiger partial charge in [0.15, 0.2) is 0 Å². The molecule has 0 aliphatic carbocycles. The minimum absolute atomic E-state index is 1.29. The molecule has 0 N–H and O–H groups in total. The Kier molecular flexibility index (Phi) is 14.1. The Balaban J connectivity index is 9.15. The van der Waals surface area contributed by atoms with Crippen LogP contribution in [0.4, 0.5) is 0 Å². The van der Waals surface area contributed by atoms with E-state index in [1.54, 1.807) is 0 Å². The summed E-state index contributed by atoms with van der Waals surface area (Å²) in [7, 11) is -10.3. The van der Waals surface area contributed by atoms with Crippen LogP contribution in [0, 0.1) is 0 Å². The van der Waals surface area contributed by atoms with Gasteiger partial charge in [0.05, 0.1) is 0 Å². The van der Waals surface area contributed by atoms with Crippen LogP contribution in [-0.4, -0.2) is 94.9 Å². The monoisotopic (exact) mass is 876 g/mol. The van der Waals surface area contributed by atoms with E-state index in [1.165, 1.54) is 12.7 Å². The third kappa shape index (κ3) is 11.4. The van der Waals surface area contributed by atoms with E-state index in [0.717, 1.165) is 0 Å². The maximum atomic E-state index is 2.87. The van der Waals surface area contributed by atoms with Crippen molar-refractivity contribution in [2.24, 2.45) is 0 Å². The molecule has 0 spiro atoms. The molecule has 0 nitrogen and oxygen atoms in total. The zero-order chi connectivity index (χ0) is 31.5. The van der Waals surface area contributed by atoms with Gasteiger partial charge in [-0.3, -0.25) is 0 Å². The molecule has 0 unspecified atom stereocenters. The van der Waals surface area contributed by atoms with Crippen molar-refractivity contribution in [2.75, 3.05) is 0 Å². The van der Waals surface area contributed by atoms with Gasteiger partial charge in [0.2, 0.25) is 0 Å². The number of rotatable bonds is 12. The van der Waals surface area contributed by atoms with E-state index in [4.69, 9.17) is 0 Å².